The van der Waals surface area contributed by atoms with E-state index in [1.807, 2.05) is 67.6 Å². The number of ether oxygens (including phenoxy) is 1. The minimum Gasteiger partial charge on any atom is -0.494 e. The Bertz CT molecular complexity index is 754. The summed E-state index contributed by atoms with van der Waals surface area (Å²) in [6, 6.07) is 17.1. The van der Waals surface area contributed by atoms with Crippen LogP contribution in [0.2, 0.25) is 0 Å². The highest BCUT2D eigenvalue weighted by Crippen LogP contribution is 2.35. The van der Waals surface area contributed by atoms with E-state index < -0.39 is 0 Å². The highest BCUT2D eigenvalue weighted by molar-refractivity contribution is 8.27. The van der Waals surface area contributed by atoms with Crippen LogP contribution in [0.15, 0.2) is 59.5 Å². The van der Waals surface area contributed by atoms with Crippen LogP contribution in [-0.2, 0) is 4.79 Å². The van der Waals surface area contributed by atoms with Crippen molar-refractivity contribution in [2.45, 2.75) is 6.92 Å². The zero-order chi connectivity index (χ0) is 16.2. The number of benzene rings is 2. The lowest BCUT2D eigenvalue weighted by atomic mass is 10.2. The molecule has 0 N–H and O–H groups in total. The standard InChI is InChI=1S/C18H15NO2S2/c1-2-21-15-10-8-13(9-11-15)12-16-17(20)19(18(22)23-16)14-6-4-3-5-7-14/h3-12H,2H2,1H3/b16-12+. The summed E-state index contributed by atoms with van der Waals surface area (Å²) in [5.74, 6) is 0.738. The minimum absolute atomic E-state index is 0.0833. The third-order valence-corrected chi connectivity index (χ3v) is 4.60. The summed E-state index contributed by atoms with van der Waals surface area (Å²) in [5, 5.41) is 0. The number of carbonyl (C=O) groups excluding carboxylic acids is 1. The zero-order valence-electron chi connectivity index (χ0n) is 12.6. The molecular formula is C18H15NO2S2. The average molecular weight is 341 g/mol. The summed E-state index contributed by atoms with van der Waals surface area (Å²) in [4.78, 5) is 14.8. The van der Waals surface area contributed by atoms with Gasteiger partial charge in [0.15, 0.2) is 4.32 Å². The molecule has 1 aliphatic rings. The van der Waals surface area contributed by atoms with Crippen LogP contribution in [0.5, 0.6) is 5.75 Å². The number of para-hydroxylation sites is 1. The van der Waals surface area contributed by atoms with Gasteiger partial charge in [-0.2, -0.15) is 0 Å². The second kappa shape index (κ2) is 6.98. The first kappa shape index (κ1) is 15.8. The Hall–Kier alpha value is -2.11. The Morgan fingerprint density at radius 2 is 1.83 bits per heavy atom. The molecule has 1 aliphatic heterocycles. The molecule has 1 fully saturated rings. The molecule has 0 radical (unpaired) electrons. The second-order valence-corrected chi connectivity index (χ2v) is 6.53. The number of nitrogens with zero attached hydrogens (tertiary/aromatic N) is 1. The van der Waals surface area contributed by atoms with Gasteiger partial charge in [-0.05, 0) is 42.8 Å². The van der Waals surface area contributed by atoms with Gasteiger partial charge in [0.2, 0.25) is 0 Å². The fourth-order valence-electron chi connectivity index (χ4n) is 2.25. The maximum absolute atomic E-state index is 12.6. The normalized spacial score (nSPS) is 16.2. The fraction of sp³-hybridized carbons (Fsp3) is 0.111. The van der Waals surface area contributed by atoms with E-state index in [2.05, 4.69) is 0 Å². The summed E-state index contributed by atoms with van der Waals surface area (Å²) >= 11 is 6.68. The molecule has 2 aromatic rings. The summed E-state index contributed by atoms with van der Waals surface area (Å²) in [7, 11) is 0. The number of thioether (sulfide) groups is 1. The van der Waals surface area contributed by atoms with Crippen LogP contribution in [0, 0.1) is 0 Å². The van der Waals surface area contributed by atoms with Gasteiger partial charge in [0, 0.05) is 0 Å². The molecule has 1 saturated heterocycles. The number of hydrogen-bond donors (Lipinski definition) is 0. The van der Waals surface area contributed by atoms with Crippen molar-refractivity contribution in [2.24, 2.45) is 0 Å². The number of rotatable bonds is 4. The smallest absolute Gasteiger partial charge is 0.270 e. The van der Waals surface area contributed by atoms with Crippen LogP contribution in [0.25, 0.3) is 6.08 Å². The van der Waals surface area contributed by atoms with Crippen molar-refractivity contribution in [3.63, 3.8) is 0 Å². The first-order valence-corrected chi connectivity index (χ1v) is 8.47. The Morgan fingerprint density at radius 3 is 2.48 bits per heavy atom. The molecular weight excluding hydrogens is 326 g/mol. The van der Waals surface area contributed by atoms with Crippen molar-refractivity contribution in [3.05, 3.63) is 65.1 Å². The number of carbonyl (C=O) groups is 1. The van der Waals surface area contributed by atoms with Crippen LogP contribution in [0.1, 0.15) is 12.5 Å². The molecule has 3 nitrogen and oxygen atoms in total. The summed E-state index contributed by atoms with van der Waals surface area (Å²) < 4.78 is 5.98. The highest BCUT2D eigenvalue weighted by Gasteiger charge is 2.33. The predicted octanol–water partition coefficient (Wildman–Crippen LogP) is 4.49. The molecule has 5 heteroatoms. The van der Waals surface area contributed by atoms with Gasteiger partial charge in [-0.25, -0.2) is 0 Å². The number of anilines is 1. The van der Waals surface area contributed by atoms with Crippen molar-refractivity contribution in [2.75, 3.05) is 11.5 Å². The first-order valence-electron chi connectivity index (χ1n) is 7.25. The van der Waals surface area contributed by atoms with Gasteiger partial charge in [0.1, 0.15) is 5.75 Å². The molecule has 116 valence electrons. The van der Waals surface area contributed by atoms with E-state index in [4.69, 9.17) is 17.0 Å². The predicted molar refractivity (Wildman–Crippen MR) is 99.7 cm³/mol. The Labute approximate surface area is 144 Å². The van der Waals surface area contributed by atoms with E-state index in [0.717, 1.165) is 17.0 Å². The summed E-state index contributed by atoms with van der Waals surface area (Å²) in [6.45, 7) is 2.58. The SMILES string of the molecule is CCOc1ccc(/C=C2/SC(=S)N(c3ccccc3)C2=O)cc1. The van der Waals surface area contributed by atoms with Crippen molar-refractivity contribution in [3.8, 4) is 5.75 Å². The molecule has 23 heavy (non-hydrogen) atoms. The third kappa shape index (κ3) is 3.46. The van der Waals surface area contributed by atoms with Gasteiger partial charge in [0.05, 0.1) is 17.2 Å². The molecule has 0 bridgehead atoms. The maximum atomic E-state index is 12.6. The topological polar surface area (TPSA) is 29.5 Å². The fourth-order valence-corrected chi connectivity index (χ4v) is 3.54. The third-order valence-electron chi connectivity index (χ3n) is 3.30. The maximum Gasteiger partial charge on any atom is 0.270 e. The molecule has 2 aromatic carbocycles. The van der Waals surface area contributed by atoms with E-state index in [9.17, 15) is 4.79 Å². The average Bonchev–Trinajstić information content (AvgIpc) is 2.84. The molecule has 0 saturated carbocycles. The molecule has 0 unspecified atom stereocenters. The van der Waals surface area contributed by atoms with Crippen molar-refractivity contribution in [1.29, 1.82) is 0 Å². The lowest BCUT2D eigenvalue weighted by molar-refractivity contribution is -0.113. The molecule has 1 amide bonds. The van der Waals surface area contributed by atoms with Crippen LogP contribution in [0.3, 0.4) is 0 Å². The molecule has 0 spiro atoms. The Morgan fingerprint density at radius 1 is 1.13 bits per heavy atom. The molecule has 0 atom stereocenters. The van der Waals surface area contributed by atoms with Gasteiger partial charge in [-0.15, -0.1) is 0 Å². The quantitative estimate of drug-likeness (QED) is 0.605. The van der Waals surface area contributed by atoms with Gasteiger partial charge < -0.3 is 4.74 Å². The molecule has 0 aliphatic carbocycles. The number of amides is 1. The van der Waals surface area contributed by atoms with Crippen LogP contribution < -0.4 is 9.64 Å². The summed E-state index contributed by atoms with van der Waals surface area (Å²) in [5.41, 5.74) is 1.74. The monoisotopic (exact) mass is 341 g/mol. The van der Waals surface area contributed by atoms with Crippen molar-refractivity contribution < 1.29 is 9.53 Å². The van der Waals surface area contributed by atoms with Gasteiger partial charge in [-0.3, -0.25) is 9.69 Å². The van der Waals surface area contributed by atoms with Gasteiger partial charge >= 0.3 is 0 Å². The van der Waals surface area contributed by atoms with Crippen LogP contribution in [-0.4, -0.2) is 16.8 Å². The van der Waals surface area contributed by atoms with Crippen LogP contribution >= 0.6 is 24.0 Å². The molecule has 3 rings (SSSR count). The van der Waals surface area contributed by atoms with E-state index in [-0.39, 0.29) is 5.91 Å². The van der Waals surface area contributed by atoms with E-state index in [0.29, 0.717) is 15.8 Å². The van der Waals surface area contributed by atoms with Crippen molar-refractivity contribution in [1.82, 2.24) is 0 Å². The van der Waals surface area contributed by atoms with Crippen molar-refractivity contribution >= 4 is 46.0 Å². The largest absolute Gasteiger partial charge is 0.494 e. The van der Waals surface area contributed by atoms with Gasteiger partial charge in [-0.1, -0.05) is 54.3 Å². The van der Waals surface area contributed by atoms with E-state index in [1.165, 1.54) is 11.8 Å². The molecule has 0 aromatic heterocycles. The van der Waals surface area contributed by atoms with Crippen LogP contribution in [0.4, 0.5) is 5.69 Å². The highest BCUT2D eigenvalue weighted by atomic mass is 32.2. The summed E-state index contributed by atoms with van der Waals surface area (Å²) in [6.07, 6.45) is 1.86. The Kier molecular flexibility index (Phi) is 4.79. The van der Waals surface area contributed by atoms with E-state index in [1.54, 1.807) is 4.90 Å². The number of thiocarbonyl (C=S) groups is 1. The second-order valence-electron chi connectivity index (χ2n) is 4.85. The Balaban J connectivity index is 1.84. The minimum atomic E-state index is -0.0833. The molecule has 1 heterocycles. The first-order chi connectivity index (χ1) is 11.2. The van der Waals surface area contributed by atoms with Gasteiger partial charge in [0.25, 0.3) is 5.91 Å². The van der Waals surface area contributed by atoms with E-state index >= 15 is 0 Å². The lowest BCUT2D eigenvalue weighted by Gasteiger charge is -2.13. The number of hydrogen-bond acceptors (Lipinski definition) is 4. The lowest BCUT2D eigenvalue weighted by Crippen LogP contribution is -2.27. The zero-order valence-corrected chi connectivity index (χ0v) is 14.2.